The van der Waals surface area contributed by atoms with E-state index in [1.807, 2.05) is 63.6 Å². The first-order valence-corrected chi connectivity index (χ1v) is 16.3. The summed E-state index contributed by atoms with van der Waals surface area (Å²) >= 11 is 1.70. The predicted molar refractivity (Wildman–Crippen MR) is 170 cm³/mol. The fourth-order valence-corrected chi connectivity index (χ4v) is 7.38. The van der Waals surface area contributed by atoms with Crippen molar-refractivity contribution in [3.63, 3.8) is 0 Å². The number of likely N-dealkylation sites (tertiary alicyclic amines) is 1. The van der Waals surface area contributed by atoms with Crippen LogP contribution >= 0.6 is 11.8 Å². The topological polar surface area (TPSA) is 99.1 Å². The van der Waals surface area contributed by atoms with Gasteiger partial charge in [0.25, 0.3) is 5.91 Å². The number of ketones is 1. The number of hydrogen-bond acceptors (Lipinski definition) is 6. The van der Waals surface area contributed by atoms with Crippen molar-refractivity contribution in [1.29, 1.82) is 0 Å². The number of rotatable bonds is 10. The Balaban J connectivity index is 1.33. The molecular formula is C34H42N4O4S. The summed E-state index contributed by atoms with van der Waals surface area (Å²) in [6.07, 6.45) is 1.42. The first-order valence-electron chi connectivity index (χ1n) is 15.4. The number of carbonyl (C=O) groups excluding carboxylic acids is 4. The fourth-order valence-electron chi connectivity index (χ4n) is 6.37. The normalized spacial score (nSPS) is 22.8. The summed E-state index contributed by atoms with van der Waals surface area (Å²) in [6, 6.07) is 13.9. The number of nitrogens with one attached hydrogen (secondary N) is 1. The number of benzene rings is 2. The van der Waals surface area contributed by atoms with Crippen LogP contribution in [0.25, 0.3) is 0 Å². The molecule has 0 aliphatic carbocycles. The molecular weight excluding hydrogens is 560 g/mol. The molecule has 1 saturated heterocycles. The highest BCUT2D eigenvalue weighted by molar-refractivity contribution is 8.12. The van der Waals surface area contributed by atoms with E-state index in [9.17, 15) is 19.2 Å². The Labute approximate surface area is 258 Å². The van der Waals surface area contributed by atoms with E-state index < -0.39 is 18.1 Å². The molecule has 0 saturated carbocycles. The Morgan fingerprint density at radius 3 is 2.40 bits per heavy atom. The first kappa shape index (κ1) is 31.0. The molecule has 2 aromatic carbocycles. The summed E-state index contributed by atoms with van der Waals surface area (Å²) in [5.74, 6) is -0.826. The number of fused-ring (bicyclic) bond motifs is 1. The van der Waals surface area contributed by atoms with Crippen molar-refractivity contribution in [2.45, 2.75) is 89.8 Å². The Bertz CT molecular complexity index is 1410. The monoisotopic (exact) mass is 602 g/mol. The van der Waals surface area contributed by atoms with Gasteiger partial charge in [-0.1, -0.05) is 70.2 Å². The lowest BCUT2D eigenvalue weighted by Gasteiger charge is -2.35. The number of carbonyl (C=O) groups is 4. The van der Waals surface area contributed by atoms with Gasteiger partial charge in [-0.3, -0.25) is 24.2 Å². The second kappa shape index (κ2) is 13.0. The molecule has 5 rings (SSSR count). The molecule has 5 atom stereocenters. The second-order valence-corrected chi connectivity index (χ2v) is 13.6. The molecule has 3 heterocycles. The predicted octanol–water partition coefficient (Wildman–Crippen LogP) is 5.34. The lowest BCUT2D eigenvalue weighted by molar-refractivity contribution is -0.143. The highest BCUT2D eigenvalue weighted by Gasteiger charge is 2.44. The number of Topliss-reactive ketones (excluding diaryl/α,β-unsaturated/α-hetero) is 1. The van der Waals surface area contributed by atoms with Gasteiger partial charge in [0, 0.05) is 31.0 Å². The Morgan fingerprint density at radius 2 is 1.77 bits per heavy atom. The van der Waals surface area contributed by atoms with E-state index >= 15 is 0 Å². The number of hydrogen-bond donors (Lipinski definition) is 1. The maximum Gasteiger partial charge on any atom is 0.255 e. The number of amides is 3. The van der Waals surface area contributed by atoms with Gasteiger partial charge < -0.3 is 15.1 Å². The number of thioether (sulfide) groups is 1. The van der Waals surface area contributed by atoms with Gasteiger partial charge in [0.05, 0.1) is 22.9 Å². The van der Waals surface area contributed by atoms with E-state index in [-0.39, 0.29) is 53.1 Å². The average molecular weight is 603 g/mol. The Kier molecular flexibility index (Phi) is 9.39. The summed E-state index contributed by atoms with van der Waals surface area (Å²) in [4.78, 5) is 61.9. The van der Waals surface area contributed by atoms with Crippen molar-refractivity contribution in [2.75, 3.05) is 6.54 Å². The maximum absolute atomic E-state index is 14.1. The van der Waals surface area contributed by atoms with Crippen LogP contribution in [0.2, 0.25) is 0 Å². The fraction of sp³-hybridized carbons (Fsp3) is 0.500. The highest BCUT2D eigenvalue weighted by atomic mass is 32.2. The van der Waals surface area contributed by atoms with Gasteiger partial charge in [0.1, 0.15) is 17.9 Å². The highest BCUT2D eigenvalue weighted by Crippen LogP contribution is 2.37. The molecule has 2 aromatic rings. The average Bonchev–Trinajstić information content (AvgIpc) is 3.72. The Hall–Kier alpha value is -3.46. The van der Waals surface area contributed by atoms with Crippen molar-refractivity contribution in [3.8, 4) is 0 Å². The van der Waals surface area contributed by atoms with E-state index in [4.69, 9.17) is 0 Å². The van der Waals surface area contributed by atoms with Crippen LogP contribution in [-0.4, -0.2) is 63.5 Å². The smallest absolute Gasteiger partial charge is 0.255 e. The molecule has 1 N–H and O–H groups in total. The standard InChI is InChI=1S/C34H42N4O4S/c1-20(2)29(39)17-27(23-12-14-24(15-13-23)31-22(5)35-19-43-31)36-32(40)28-11-8-16-37(28)34(42)30(21(3)4)38-18-25-9-6-7-10-26(25)33(38)41/h6-7,9-10,12-15,19-22,27-28,30-31H,8,11,16-18H2,1-5H3,(H,36,40)/t22?,27?,28-,30?,31?/m0/s1. The van der Waals surface area contributed by atoms with Crippen molar-refractivity contribution in [3.05, 3.63) is 70.8 Å². The van der Waals surface area contributed by atoms with Crippen molar-refractivity contribution in [2.24, 2.45) is 16.8 Å². The van der Waals surface area contributed by atoms with Crippen molar-refractivity contribution in [1.82, 2.24) is 15.1 Å². The molecule has 4 unspecified atom stereocenters. The summed E-state index contributed by atoms with van der Waals surface area (Å²) in [6.45, 7) is 10.5. The minimum absolute atomic E-state index is 0.0640. The molecule has 0 bridgehead atoms. The van der Waals surface area contributed by atoms with Crippen LogP contribution in [0.1, 0.15) is 92.2 Å². The van der Waals surface area contributed by atoms with Crippen LogP contribution in [0.5, 0.6) is 0 Å². The van der Waals surface area contributed by atoms with Gasteiger partial charge in [-0.2, -0.15) is 0 Å². The molecule has 228 valence electrons. The van der Waals surface area contributed by atoms with E-state index in [1.165, 1.54) is 0 Å². The molecule has 43 heavy (non-hydrogen) atoms. The van der Waals surface area contributed by atoms with E-state index in [0.717, 1.165) is 16.7 Å². The van der Waals surface area contributed by atoms with Crippen LogP contribution in [0.3, 0.4) is 0 Å². The summed E-state index contributed by atoms with van der Waals surface area (Å²) in [7, 11) is 0. The maximum atomic E-state index is 14.1. The third kappa shape index (κ3) is 6.42. The van der Waals surface area contributed by atoms with Gasteiger partial charge in [-0.05, 0) is 48.4 Å². The van der Waals surface area contributed by atoms with Crippen LogP contribution in [0.15, 0.2) is 53.5 Å². The molecule has 1 fully saturated rings. The molecule has 9 heteroatoms. The zero-order valence-electron chi connectivity index (χ0n) is 25.7. The molecule has 3 amide bonds. The lowest BCUT2D eigenvalue weighted by Crippen LogP contribution is -2.55. The van der Waals surface area contributed by atoms with Gasteiger partial charge >= 0.3 is 0 Å². The summed E-state index contributed by atoms with van der Waals surface area (Å²) < 4.78 is 0. The van der Waals surface area contributed by atoms with Crippen LogP contribution < -0.4 is 5.32 Å². The minimum atomic E-state index is -0.668. The Morgan fingerprint density at radius 1 is 1.05 bits per heavy atom. The summed E-state index contributed by atoms with van der Waals surface area (Å²) in [5, 5.41) is 3.39. The second-order valence-electron chi connectivity index (χ2n) is 12.6. The van der Waals surface area contributed by atoms with Gasteiger partial charge in [0.15, 0.2) is 0 Å². The van der Waals surface area contributed by atoms with Gasteiger partial charge in [-0.25, -0.2) is 0 Å². The minimum Gasteiger partial charge on any atom is -0.347 e. The third-order valence-electron chi connectivity index (χ3n) is 8.88. The molecule has 8 nitrogen and oxygen atoms in total. The first-order chi connectivity index (χ1) is 20.6. The quantitative estimate of drug-likeness (QED) is 0.396. The van der Waals surface area contributed by atoms with E-state index in [1.54, 1.807) is 27.6 Å². The largest absolute Gasteiger partial charge is 0.347 e. The van der Waals surface area contributed by atoms with Crippen LogP contribution in [0, 0.1) is 11.8 Å². The SMILES string of the molecule is CC(C)C(=O)CC(NC(=O)[C@@H]1CCCN1C(=O)C(C(C)C)N1Cc2ccccc2C1=O)c1ccc(C2SC=NC2C)cc1. The molecule has 0 radical (unpaired) electrons. The summed E-state index contributed by atoms with van der Waals surface area (Å²) in [5.41, 5.74) is 5.46. The van der Waals surface area contributed by atoms with Crippen molar-refractivity contribution >= 4 is 40.8 Å². The van der Waals surface area contributed by atoms with Gasteiger partial charge in [-0.15, -0.1) is 11.8 Å². The number of nitrogens with zero attached hydrogens (tertiary/aromatic N) is 3. The van der Waals surface area contributed by atoms with Crippen LogP contribution in [-0.2, 0) is 20.9 Å². The number of aliphatic imine (C=N–C) groups is 1. The van der Waals surface area contributed by atoms with Crippen molar-refractivity contribution < 1.29 is 19.2 Å². The van der Waals surface area contributed by atoms with Gasteiger partial charge in [0.2, 0.25) is 11.8 Å². The molecule has 3 aliphatic heterocycles. The van der Waals surface area contributed by atoms with Crippen LogP contribution in [0.4, 0.5) is 0 Å². The third-order valence-corrected chi connectivity index (χ3v) is 10.1. The molecule has 3 aliphatic rings. The lowest BCUT2D eigenvalue weighted by atomic mass is 9.94. The molecule has 0 aromatic heterocycles. The zero-order valence-corrected chi connectivity index (χ0v) is 26.5. The van der Waals surface area contributed by atoms with E-state index in [2.05, 4.69) is 29.4 Å². The molecule has 0 spiro atoms. The van der Waals surface area contributed by atoms with E-state index in [0.29, 0.717) is 31.5 Å². The zero-order chi connectivity index (χ0) is 30.8.